The van der Waals surface area contributed by atoms with Gasteiger partial charge in [-0.3, -0.25) is 19.4 Å². The van der Waals surface area contributed by atoms with E-state index in [4.69, 9.17) is 15.9 Å². The lowest BCUT2D eigenvalue weighted by Gasteiger charge is -2.14. The summed E-state index contributed by atoms with van der Waals surface area (Å²) < 4.78 is 4.10. The van der Waals surface area contributed by atoms with E-state index >= 15 is 0 Å². The number of aromatic nitrogens is 4. The maximum atomic E-state index is 12.3. The number of benzene rings is 1. The monoisotopic (exact) mass is 553 g/mol. The Morgan fingerprint density at radius 1 is 1.10 bits per heavy atom. The number of carboxylic acids is 2. The molecule has 0 radical (unpaired) electrons. The zero-order valence-electron chi connectivity index (χ0n) is 20.8. The van der Waals surface area contributed by atoms with Gasteiger partial charge in [-0.2, -0.15) is 4.98 Å². The van der Waals surface area contributed by atoms with Crippen molar-refractivity contribution < 1.29 is 38.9 Å². The molecule has 1 aliphatic rings. The number of amides is 1. The lowest BCUT2D eigenvalue weighted by Crippen LogP contribution is -2.41. The molecular weight excluding hydrogens is 530 g/mol. The number of hydrogen-bond donors (Lipinski definition) is 6. The summed E-state index contributed by atoms with van der Waals surface area (Å²) in [5, 5.41) is 23.2. The van der Waals surface area contributed by atoms with Crippen molar-refractivity contribution in [3.05, 3.63) is 63.7 Å². The number of carbonyl (C=O) groups is 5. The van der Waals surface area contributed by atoms with Gasteiger partial charge >= 0.3 is 23.9 Å². The van der Waals surface area contributed by atoms with E-state index in [9.17, 15) is 28.8 Å². The van der Waals surface area contributed by atoms with Crippen LogP contribution in [0.4, 0.5) is 11.6 Å². The van der Waals surface area contributed by atoms with E-state index in [2.05, 4.69) is 35.3 Å². The van der Waals surface area contributed by atoms with Gasteiger partial charge in [0.15, 0.2) is 11.2 Å². The largest absolute Gasteiger partial charge is 0.481 e. The Hall–Kier alpha value is -5.67. The maximum absolute atomic E-state index is 12.3. The highest BCUT2D eigenvalue weighted by atomic mass is 16.6. The summed E-state index contributed by atoms with van der Waals surface area (Å²) >= 11 is 0. The molecule has 3 aromatic rings. The Bertz CT molecular complexity index is 1570. The molecule has 1 unspecified atom stereocenters. The highest BCUT2D eigenvalue weighted by Gasteiger charge is 2.21. The third-order valence-electron chi connectivity index (χ3n) is 5.21. The molecule has 4 rings (SSSR count). The second-order valence-electron chi connectivity index (χ2n) is 8.25. The van der Waals surface area contributed by atoms with Gasteiger partial charge in [-0.05, 0) is 37.6 Å². The number of rotatable bonds is 9. The number of nitrogens with two attached hydrogens (primary N) is 1. The van der Waals surface area contributed by atoms with Crippen LogP contribution in [-0.4, -0.2) is 66.0 Å². The number of carboxylic acid groups (broad SMARTS) is 2. The minimum atomic E-state index is -1.31. The molecule has 0 fully saturated rings. The molecule has 1 atom stereocenters. The molecule has 0 saturated carbocycles. The molecule has 0 saturated heterocycles. The van der Waals surface area contributed by atoms with E-state index in [1.807, 2.05) is 0 Å². The molecule has 3 heterocycles. The van der Waals surface area contributed by atoms with Gasteiger partial charge in [-0.15, -0.1) is 0 Å². The van der Waals surface area contributed by atoms with Crippen molar-refractivity contribution in [3.8, 4) is 0 Å². The summed E-state index contributed by atoms with van der Waals surface area (Å²) in [5.41, 5.74) is 6.84. The van der Waals surface area contributed by atoms with Gasteiger partial charge in [-0.25, -0.2) is 24.4 Å². The number of esters is 2. The van der Waals surface area contributed by atoms with E-state index in [1.54, 1.807) is 12.1 Å². The van der Waals surface area contributed by atoms with E-state index in [0.29, 0.717) is 17.0 Å². The van der Waals surface area contributed by atoms with Crippen LogP contribution in [0.5, 0.6) is 0 Å². The molecule has 1 aliphatic heterocycles. The predicted molar refractivity (Wildman–Crippen MR) is 137 cm³/mol. The summed E-state index contributed by atoms with van der Waals surface area (Å²) in [6.07, 6.45) is 2.01. The zero-order valence-corrected chi connectivity index (χ0v) is 20.8. The van der Waals surface area contributed by atoms with Gasteiger partial charge in [0.1, 0.15) is 6.04 Å². The van der Waals surface area contributed by atoms with E-state index in [-0.39, 0.29) is 42.1 Å². The van der Waals surface area contributed by atoms with Crippen molar-refractivity contribution >= 4 is 52.6 Å². The summed E-state index contributed by atoms with van der Waals surface area (Å²) in [6, 6.07) is 4.86. The van der Waals surface area contributed by atoms with Crippen molar-refractivity contribution in [1.29, 1.82) is 0 Å². The summed E-state index contributed by atoms with van der Waals surface area (Å²) in [6.45, 7) is 1.77. The van der Waals surface area contributed by atoms with E-state index < -0.39 is 41.4 Å². The van der Waals surface area contributed by atoms with Crippen molar-refractivity contribution in [1.82, 2.24) is 25.3 Å². The summed E-state index contributed by atoms with van der Waals surface area (Å²) in [7, 11) is 0. The van der Waals surface area contributed by atoms with Gasteiger partial charge in [0.2, 0.25) is 5.95 Å². The normalized spacial score (nSPS) is 13.0. The number of H-pyrrole nitrogens is 1. The average molecular weight is 553 g/mol. The number of aliphatic carboxylic acids is 2. The Labute approximate surface area is 224 Å². The number of fused-ring (bicyclic) bond motifs is 1. The molecule has 0 aliphatic carbocycles. The molecule has 0 bridgehead atoms. The Morgan fingerprint density at radius 3 is 2.35 bits per heavy atom. The first-order valence-electron chi connectivity index (χ1n) is 11.5. The Morgan fingerprint density at radius 2 is 1.80 bits per heavy atom. The standard InChI is InChI=1S/C19H19N7O6.C5H4O3/c20-19-25-15-14(17(30)26-19)23-11(8-22-15)7-21-10-3-1-9(2-4-10)16(29)24-12(18(31)32)5-6-13(27)28;1-3-2-4(6)8-5(3)7/h1-4,8,12,21H,5-7H2,(H,24,29)(H,27,28)(H,31,32)(H3,20,22,25,26,30);2H,1H3. The lowest BCUT2D eigenvalue weighted by atomic mass is 10.1. The van der Waals surface area contributed by atoms with Crippen LogP contribution >= 0.6 is 0 Å². The predicted octanol–water partition coefficient (Wildman–Crippen LogP) is -0.0287. The number of cyclic esters (lactones) is 2. The summed E-state index contributed by atoms with van der Waals surface area (Å²) in [5.74, 6) is -4.25. The topological polar surface area (TPSA) is 257 Å². The summed E-state index contributed by atoms with van der Waals surface area (Å²) in [4.78, 5) is 81.0. The number of carbonyl (C=O) groups excluding carboxylic acids is 3. The first-order valence-corrected chi connectivity index (χ1v) is 11.5. The van der Waals surface area contributed by atoms with Crippen LogP contribution in [0.25, 0.3) is 11.2 Å². The minimum absolute atomic E-state index is 0.0524. The Balaban J connectivity index is 0.000000472. The number of aromatic amines is 1. The number of anilines is 2. The second-order valence-corrected chi connectivity index (χ2v) is 8.25. The number of nitrogens with zero attached hydrogens (tertiary/aromatic N) is 3. The third-order valence-corrected chi connectivity index (χ3v) is 5.21. The van der Waals surface area contributed by atoms with Crippen LogP contribution < -0.4 is 21.9 Å². The number of nitrogens with one attached hydrogen (secondary N) is 3. The average Bonchev–Trinajstić information content (AvgIpc) is 3.19. The zero-order chi connectivity index (χ0) is 29.4. The van der Waals surface area contributed by atoms with Crippen molar-refractivity contribution in [2.45, 2.75) is 32.4 Å². The second kappa shape index (κ2) is 12.7. The highest BCUT2D eigenvalue weighted by molar-refractivity contribution is 6.08. The van der Waals surface area contributed by atoms with Gasteiger partial charge in [-0.1, -0.05) is 0 Å². The SMILES string of the molecule is CC1=CC(=O)OC1=O.Nc1nc2ncc(CNc3ccc(C(=O)NC(CCC(=O)O)C(=O)O)cc3)nc2c(=O)[nH]1. The molecule has 16 nitrogen and oxygen atoms in total. The number of ether oxygens (including phenoxy) is 1. The van der Waals surface area contributed by atoms with Gasteiger partial charge in [0.25, 0.3) is 11.5 Å². The first kappa shape index (κ1) is 28.9. The smallest absolute Gasteiger partial charge is 0.341 e. The third kappa shape index (κ3) is 7.91. The molecule has 1 aromatic carbocycles. The fourth-order valence-corrected chi connectivity index (χ4v) is 3.19. The van der Waals surface area contributed by atoms with Crippen LogP contribution in [0.2, 0.25) is 0 Å². The molecule has 1 amide bonds. The molecule has 0 spiro atoms. The van der Waals surface area contributed by atoms with E-state index in [0.717, 1.165) is 0 Å². The van der Waals surface area contributed by atoms with Crippen LogP contribution in [0.15, 0.2) is 46.9 Å². The molecular formula is C24H23N7O9. The molecule has 2 aromatic heterocycles. The van der Waals surface area contributed by atoms with Gasteiger partial charge in [0.05, 0.1) is 18.4 Å². The fraction of sp³-hybridized carbons (Fsp3) is 0.208. The van der Waals surface area contributed by atoms with Crippen molar-refractivity contribution in [3.63, 3.8) is 0 Å². The van der Waals surface area contributed by atoms with Crippen molar-refractivity contribution in [2.75, 3.05) is 11.1 Å². The van der Waals surface area contributed by atoms with Gasteiger partial charge < -0.3 is 31.3 Å². The fourth-order valence-electron chi connectivity index (χ4n) is 3.19. The van der Waals surface area contributed by atoms with Crippen LogP contribution in [0.1, 0.15) is 35.8 Å². The molecule has 7 N–H and O–H groups in total. The van der Waals surface area contributed by atoms with E-state index in [1.165, 1.54) is 31.3 Å². The lowest BCUT2D eigenvalue weighted by molar-refractivity contribution is -0.150. The van der Waals surface area contributed by atoms with Crippen molar-refractivity contribution in [2.24, 2.45) is 0 Å². The quantitative estimate of drug-likeness (QED) is 0.150. The molecule has 16 heteroatoms. The minimum Gasteiger partial charge on any atom is -0.481 e. The van der Waals surface area contributed by atoms with Gasteiger partial charge in [0, 0.05) is 29.3 Å². The Kier molecular flexibility index (Phi) is 9.19. The van der Waals surface area contributed by atoms with Crippen LogP contribution in [-0.2, 0) is 30.5 Å². The van der Waals surface area contributed by atoms with Crippen LogP contribution in [0.3, 0.4) is 0 Å². The highest BCUT2D eigenvalue weighted by Crippen LogP contribution is 2.12. The molecule has 40 heavy (non-hydrogen) atoms. The number of hydrogen-bond acceptors (Lipinski definition) is 12. The first-order chi connectivity index (χ1) is 18.9. The molecule has 208 valence electrons. The van der Waals surface area contributed by atoms with Crippen LogP contribution in [0, 0.1) is 0 Å². The maximum Gasteiger partial charge on any atom is 0.341 e. The number of nitrogen functional groups attached to an aromatic ring is 1.